The molecule has 0 aliphatic heterocycles. The molecule has 0 radical (unpaired) electrons. The molecule has 0 fully saturated rings. The van der Waals surface area contributed by atoms with E-state index < -0.39 is 17.8 Å². The molecule has 6 nitrogen and oxygen atoms in total. The Morgan fingerprint density at radius 1 is 1.03 bits per heavy atom. The molecule has 2 heterocycles. The van der Waals surface area contributed by atoms with Crippen LogP contribution < -0.4 is 10.6 Å². The van der Waals surface area contributed by atoms with Crippen LogP contribution in [0.3, 0.4) is 0 Å². The number of aryl methyl sites for hydroxylation is 1. The fraction of sp³-hybridized carbons (Fsp3) is 0.0952. The smallest absolute Gasteiger partial charge is 0.308 e. The van der Waals surface area contributed by atoms with Gasteiger partial charge in [0.2, 0.25) is 5.78 Å². The summed E-state index contributed by atoms with van der Waals surface area (Å²) in [5.41, 5.74) is 1.55. The van der Waals surface area contributed by atoms with Crippen molar-refractivity contribution in [2.45, 2.75) is 13.1 Å². The Kier molecular flexibility index (Phi) is 4.86. The summed E-state index contributed by atoms with van der Waals surface area (Å²) in [5, 5.41) is 5.47. The van der Waals surface area contributed by atoms with Crippen LogP contribution in [0, 0.1) is 6.92 Å². The summed E-state index contributed by atoms with van der Waals surface area (Å²) in [6.45, 7) is 1.90. The van der Waals surface area contributed by atoms with E-state index in [1.807, 2.05) is 25.1 Å². The summed E-state index contributed by atoms with van der Waals surface area (Å²) >= 11 is 0. The number of benzene rings is 2. The van der Waals surface area contributed by atoms with Crippen molar-refractivity contribution < 1.29 is 18.0 Å². The van der Waals surface area contributed by atoms with Gasteiger partial charge in [-0.25, -0.2) is 14.8 Å². The van der Waals surface area contributed by atoms with E-state index in [1.165, 1.54) is 18.3 Å². The summed E-state index contributed by atoms with van der Waals surface area (Å²) in [7, 11) is 0. The first-order valence-electron chi connectivity index (χ1n) is 8.96. The lowest BCUT2D eigenvalue weighted by molar-refractivity contribution is -0.137. The Morgan fingerprint density at radius 3 is 2.50 bits per heavy atom. The molecule has 0 spiro atoms. The number of carbonyl (C=O) groups excluding carboxylic acids is 1. The third kappa shape index (κ3) is 3.95. The number of halogens is 3. The van der Waals surface area contributed by atoms with Gasteiger partial charge in [-0.1, -0.05) is 24.3 Å². The van der Waals surface area contributed by atoms with Crippen LogP contribution in [-0.4, -0.2) is 20.4 Å². The largest absolute Gasteiger partial charge is 0.416 e. The van der Waals surface area contributed by atoms with E-state index in [1.54, 1.807) is 22.7 Å². The quantitative estimate of drug-likeness (QED) is 0.476. The zero-order valence-corrected chi connectivity index (χ0v) is 15.7. The third-order valence-electron chi connectivity index (χ3n) is 4.40. The number of urea groups is 1. The molecular weight excluding hydrogens is 395 g/mol. The monoisotopic (exact) mass is 411 g/mol. The van der Waals surface area contributed by atoms with Gasteiger partial charge < -0.3 is 5.32 Å². The molecule has 0 aliphatic rings. The summed E-state index contributed by atoms with van der Waals surface area (Å²) in [6.07, 6.45) is -1.24. The highest BCUT2D eigenvalue weighted by molar-refractivity contribution is 6.01. The van der Waals surface area contributed by atoms with Crippen LogP contribution in [0.1, 0.15) is 11.1 Å². The fourth-order valence-corrected chi connectivity index (χ4v) is 3.02. The van der Waals surface area contributed by atoms with Gasteiger partial charge in [0.25, 0.3) is 0 Å². The molecule has 2 N–H and O–H groups in total. The van der Waals surface area contributed by atoms with Crippen LogP contribution in [0.25, 0.3) is 17.0 Å². The second kappa shape index (κ2) is 7.51. The molecule has 9 heteroatoms. The lowest BCUT2D eigenvalue weighted by Crippen LogP contribution is -2.20. The number of fused-ring (bicyclic) bond motifs is 1. The maximum Gasteiger partial charge on any atom is 0.416 e. The zero-order chi connectivity index (χ0) is 21.3. The number of nitrogens with zero attached hydrogens (tertiary/aromatic N) is 3. The lowest BCUT2D eigenvalue weighted by atomic mass is 10.1. The first-order chi connectivity index (χ1) is 14.3. The minimum atomic E-state index is -4.44. The van der Waals surface area contributed by atoms with E-state index in [0.717, 1.165) is 17.7 Å². The van der Waals surface area contributed by atoms with Gasteiger partial charge in [-0.15, -0.1) is 0 Å². The number of hydrogen-bond donors (Lipinski definition) is 2. The zero-order valence-electron chi connectivity index (χ0n) is 15.7. The Labute approximate surface area is 169 Å². The van der Waals surface area contributed by atoms with E-state index in [2.05, 4.69) is 20.6 Å². The van der Waals surface area contributed by atoms with Gasteiger partial charge in [-0.05, 0) is 42.8 Å². The summed E-state index contributed by atoms with van der Waals surface area (Å²) in [4.78, 5) is 21.1. The first kappa shape index (κ1) is 19.4. The summed E-state index contributed by atoms with van der Waals surface area (Å²) < 4.78 is 40.2. The predicted octanol–water partition coefficient (Wildman–Crippen LogP) is 5.37. The Balaban J connectivity index is 1.69. The van der Waals surface area contributed by atoms with E-state index in [9.17, 15) is 18.0 Å². The molecule has 152 valence electrons. The van der Waals surface area contributed by atoms with E-state index in [4.69, 9.17) is 0 Å². The summed E-state index contributed by atoms with van der Waals surface area (Å²) in [5.74, 6) is 0.598. The second-order valence-electron chi connectivity index (χ2n) is 6.62. The van der Waals surface area contributed by atoms with Crippen molar-refractivity contribution in [1.29, 1.82) is 0 Å². The first-order valence-corrected chi connectivity index (χ1v) is 8.96. The van der Waals surface area contributed by atoms with Crippen molar-refractivity contribution in [2.75, 3.05) is 10.6 Å². The molecule has 0 bridgehead atoms. The van der Waals surface area contributed by atoms with Gasteiger partial charge in [0.1, 0.15) is 11.5 Å². The molecule has 0 saturated heterocycles. The maximum atomic E-state index is 12.9. The molecule has 0 saturated carbocycles. The van der Waals surface area contributed by atoms with Crippen molar-refractivity contribution in [1.82, 2.24) is 14.4 Å². The number of amides is 2. The number of carbonyl (C=O) groups is 1. The average Bonchev–Trinajstić information content (AvgIpc) is 3.06. The van der Waals surface area contributed by atoms with Gasteiger partial charge in [-0.2, -0.15) is 13.2 Å². The van der Waals surface area contributed by atoms with Crippen LogP contribution in [-0.2, 0) is 6.18 Å². The molecule has 0 unspecified atom stereocenters. The van der Waals surface area contributed by atoms with Crippen molar-refractivity contribution in [3.8, 4) is 11.3 Å². The SMILES string of the molecule is Cc1cccc(NC(=O)Nc2c(-c3ccc(C(F)(F)F)cc3)nc3ncccn23)c1. The van der Waals surface area contributed by atoms with Crippen LogP contribution in [0.5, 0.6) is 0 Å². The van der Waals surface area contributed by atoms with E-state index in [-0.39, 0.29) is 0 Å². The number of imidazole rings is 1. The van der Waals surface area contributed by atoms with Gasteiger partial charge >= 0.3 is 12.2 Å². The highest BCUT2D eigenvalue weighted by atomic mass is 19.4. The summed E-state index contributed by atoms with van der Waals surface area (Å²) in [6, 6.07) is 13.0. The molecule has 0 aliphatic carbocycles. The number of anilines is 2. The van der Waals surface area contributed by atoms with Crippen LogP contribution in [0.15, 0.2) is 67.0 Å². The van der Waals surface area contributed by atoms with Gasteiger partial charge in [0.05, 0.1) is 5.56 Å². The van der Waals surface area contributed by atoms with Crippen molar-refractivity contribution in [3.05, 3.63) is 78.1 Å². The van der Waals surface area contributed by atoms with Gasteiger partial charge in [0, 0.05) is 23.6 Å². The number of aromatic nitrogens is 3. The second-order valence-corrected chi connectivity index (χ2v) is 6.62. The minimum Gasteiger partial charge on any atom is -0.308 e. The number of rotatable bonds is 3. The standard InChI is InChI=1S/C21H16F3N5O/c1-13-4-2-5-16(12-13)26-20(30)28-18-17(27-19-25-10-3-11-29(18)19)14-6-8-15(9-7-14)21(22,23)24/h2-12H,1H3,(H2,26,28,30). The van der Waals surface area contributed by atoms with Crippen LogP contribution in [0.2, 0.25) is 0 Å². The van der Waals surface area contributed by atoms with Crippen molar-refractivity contribution in [2.24, 2.45) is 0 Å². The number of nitrogens with one attached hydrogen (secondary N) is 2. The Bertz CT molecular complexity index is 1220. The normalized spacial score (nSPS) is 11.5. The molecule has 0 atom stereocenters. The van der Waals surface area contributed by atoms with Gasteiger partial charge in [-0.3, -0.25) is 9.72 Å². The molecule has 4 aromatic rings. The van der Waals surface area contributed by atoms with E-state index in [0.29, 0.717) is 28.5 Å². The van der Waals surface area contributed by atoms with Gasteiger partial charge in [0.15, 0.2) is 0 Å². The third-order valence-corrected chi connectivity index (χ3v) is 4.40. The Morgan fingerprint density at radius 2 is 1.80 bits per heavy atom. The van der Waals surface area contributed by atoms with Crippen LogP contribution >= 0.6 is 0 Å². The predicted molar refractivity (Wildman–Crippen MR) is 107 cm³/mol. The molecule has 2 aromatic carbocycles. The van der Waals surface area contributed by atoms with Crippen molar-refractivity contribution in [3.63, 3.8) is 0 Å². The Hall–Kier alpha value is -3.88. The highest BCUT2D eigenvalue weighted by Crippen LogP contribution is 2.33. The lowest BCUT2D eigenvalue weighted by Gasteiger charge is -2.10. The maximum absolute atomic E-state index is 12.9. The minimum absolute atomic E-state index is 0.294. The molecule has 30 heavy (non-hydrogen) atoms. The van der Waals surface area contributed by atoms with E-state index >= 15 is 0 Å². The number of hydrogen-bond acceptors (Lipinski definition) is 3. The molecule has 2 amide bonds. The average molecular weight is 411 g/mol. The van der Waals surface area contributed by atoms with Crippen molar-refractivity contribution >= 4 is 23.3 Å². The molecule has 2 aromatic heterocycles. The molecule has 4 rings (SSSR count). The molecular formula is C21H16F3N5O. The fourth-order valence-electron chi connectivity index (χ4n) is 3.02. The highest BCUT2D eigenvalue weighted by Gasteiger charge is 2.30. The van der Waals surface area contributed by atoms with Crippen LogP contribution in [0.4, 0.5) is 29.5 Å². The topological polar surface area (TPSA) is 71.3 Å². The number of alkyl halides is 3.